The van der Waals surface area contributed by atoms with Crippen LogP contribution in [-0.2, 0) is 11.3 Å². The second kappa shape index (κ2) is 18.6. The van der Waals surface area contributed by atoms with Crippen molar-refractivity contribution in [3.8, 4) is 0 Å². The van der Waals surface area contributed by atoms with Crippen LogP contribution >= 0.6 is 11.8 Å². The Labute approximate surface area is 249 Å². The number of hydrogen-bond donors (Lipinski definition) is 2. The van der Waals surface area contributed by atoms with E-state index in [0.29, 0.717) is 30.2 Å². The standard InChI is InChI=1S/C30H48N6O4S/c1-22(2)20-25(27(38)29-33-34-30(40-29)41-19-18-35(3)4)32-26(37)12-10-8-7-9-11-17-31-28(39)24-15-13-23(14-16-24)21-36(5)6/h13-16,22,25H,7-12,17-21H2,1-6H3,(H,31,39)(H,32,37). The summed E-state index contributed by atoms with van der Waals surface area (Å²) >= 11 is 1.41. The molecule has 0 aliphatic rings. The Morgan fingerprint density at radius 2 is 1.61 bits per heavy atom. The number of carbonyl (C=O) groups excluding carboxylic acids is 3. The minimum Gasteiger partial charge on any atom is -0.408 e. The Balaban J connectivity index is 1.65. The van der Waals surface area contributed by atoms with Gasteiger partial charge in [-0.15, -0.1) is 10.2 Å². The van der Waals surface area contributed by atoms with Crippen molar-refractivity contribution in [2.45, 2.75) is 76.6 Å². The van der Waals surface area contributed by atoms with Crippen LogP contribution < -0.4 is 10.6 Å². The molecule has 228 valence electrons. The lowest BCUT2D eigenvalue weighted by atomic mass is 9.99. The van der Waals surface area contributed by atoms with Crippen molar-refractivity contribution in [1.82, 2.24) is 30.6 Å². The van der Waals surface area contributed by atoms with Crippen molar-refractivity contribution in [2.75, 3.05) is 47.0 Å². The number of Topliss-reactive ketones (excluding diaryl/α,β-unsaturated/α-hetero) is 1. The van der Waals surface area contributed by atoms with Crippen LogP contribution in [0.1, 0.15) is 85.4 Å². The molecule has 10 nitrogen and oxygen atoms in total. The Morgan fingerprint density at radius 1 is 0.927 bits per heavy atom. The topological polar surface area (TPSA) is 121 Å². The monoisotopic (exact) mass is 588 g/mol. The summed E-state index contributed by atoms with van der Waals surface area (Å²) in [6.07, 6.45) is 5.36. The zero-order chi connectivity index (χ0) is 30.2. The average molecular weight is 589 g/mol. The molecule has 1 heterocycles. The van der Waals surface area contributed by atoms with Crippen LogP contribution in [0.2, 0.25) is 0 Å². The summed E-state index contributed by atoms with van der Waals surface area (Å²) in [5.41, 5.74) is 1.85. The van der Waals surface area contributed by atoms with Gasteiger partial charge in [0.1, 0.15) is 0 Å². The van der Waals surface area contributed by atoms with Crippen LogP contribution in [0.4, 0.5) is 0 Å². The molecular formula is C30H48N6O4S. The van der Waals surface area contributed by atoms with E-state index in [4.69, 9.17) is 4.42 Å². The van der Waals surface area contributed by atoms with E-state index in [1.807, 2.05) is 66.3 Å². The predicted octanol–water partition coefficient (Wildman–Crippen LogP) is 4.27. The highest BCUT2D eigenvalue weighted by Gasteiger charge is 2.27. The summed E-state index contributed by atoms with van der Waals surface area (Å²) in [5, 5.41) is 14.1. The maximum atomic E-state index is 13.0. The van der Waals surface area contributed by atoms with Crippen LogP contribution in [0.3, 0.4) is 0 Å². The number of carbonyl (C=O) groups is 3. The zero-order valence-electron chi connectivity index (χ0n) is 25.6. The number of nitrogens with zero attached hydrogens (tertiary/aromatic N) is 4. The summed E-state index contributed by atoms with van der Waals surface area (Å²) in [6, 6.07) is 7.02. The number of unbranched alkanes of at least 4 members (excludes halogenated alkanes) is 4. The van der Waals surface area contributed by atoms with Gasteiger partial charge in [-0.2, -0.15) is 0 Å². The molecule has 2 aromatic rings. The fourth-order valence-corrected chi connectivity index (χ4v) is 5.04. The van der Waals surface area contributed by atoms with E-state index in [1.165, 1.54) is 17.3 Å². The van der Waals surface area contributed by atoms with Gasteiger partial charge in [-0.3, -0.25) is 14.4 Å². The first-order valence-corrected chi connectivity index (χ1v) is 15.5. The highest BCUT2D eigenvalue weighted by molar-refractivity contribution is 7.99. The maximum Gasteiger partial charge on any atom is 0.286 e. The molecule has 0 spiro atoms. The van der Waals surface area contributed by atoms with Crippen LogP contribution in [0.25, 0.3) is 0 Å². The van der Waals surface area contributed by atoms with Crippen LogP contribution in [-0.4, -0.2) is 90.7 Å². The van der Waals surface area contributed by atoms with Crippen molar-refractivity contribution in [1.29, 1.82) is 0 Å². The first-order chi connectivity index (χ1) is 19.5. The van der Waals surface area contributed by atoms with Crippen molar-refractivity contribution >= 4 is 29.4 Å². The van der Waals surface area contributed by atoms with Gasteiger partial charge in [0.05, 0.1) is 6.04 Å². The van der Waals surface area contributed by atoms with Gasteiger partial charge >= 0.3 is 0 Å². The first kappa shape index (κ1) is 34.4. The van der Waals surface area contributed by atoms with Gasteiger partial charge < -0.3 is 24.9 Å². The lowest BCUT2D eigenvalue weighted by Gasteiger charge is -2.18. The summed E-state index contributed by atoms with van der Waals surface area (Å²) in [5.74, 6) is 0.387. The number of nitrogens with one attached hydrogen (secondary N) is 2. The quantitative estimate of drug-likeness (QED) is 0.133. The Kier molecular flexibility index (Phi) is 15.6. The molecule has 1 atom stereocenters. The molecule has 1 unspecified atom stereocenters. The number of ketones is 1. The maximum absolute atomic E-state index is 13.0. The summed E-state index contributed by atoms with van der Waals surface area (Å²) in [4.78, 5) is 42.1. The second-order valence-corrected chi connectivity index (χ2v) is 12.4. The smallest absolute Gasteiger partial charge is 0.286 e. The van der Waals surface area contributed by atoms with E-state index in [-0.39, 0.29) is 29.4 Å². The highest BCUT2D eigenvalue weighted by atomic mass is 32.2. The van der Waals surface area contributed by atoms with Gasteiger partial charge in [0, 0.05) is 37.4 Å². The van der Waals surface area contributed by atoms with Crippen LogP contribution in [0, 0.1) is 5.92 Å². The summed E-state index contributed by atoms with van der Waals surface area (Å²) < 4.78 is 5.57. The number of thioether (sulfide) groups is 1. The van der Waals surface area contributed by atoms with Gasteiger partial charge in [0.15, 0.2) is 0 Å². The molecule has 0 fully saturated rings. The van der Waals surface area contributed by atoms with E-state index in [0.717, 1.165) is 50.9 Å². The second-order valence-electron chi connectivity index (χ2n) is 11.3. The molecular weight excluding hydrogens is 540 g/mol. The van der Waals surface area contributed by atoms with E-state index in [1.54, 1.807) is 0 Å². The molecule has 1 aromatic heterocycles. The fourth-order valence-electron chi connectivity index (χ4n) is 4.17. The minimum absolute atomic E-state index is 0.0524. The third kappa shape index (κ3) is 14.1. The van der Waals surface area contributed by atoms with E-state index < -0.39 is 6.04 Å². The molecule has 2 amide bonds. The minimum atomic E-state index is -0.685. The van der Waals surface area contributed by atoms with Crippen molar-refractivity contribution in [3.05, 3.63) is 41.3 Å². The fraction of sp³-hybridized carbons (Fsp3) is 0.633. The number of amides is 2. The Morgan fingerprint density at radius 3 is 2.27 bits per heavy atom. The Bertz CT molecular complexity index is 1070. The molecule has 2 N–H and O–H groups in total. The molecule has 0 saturated carbocycles. The van der Waals surface area contributed by atoms with Gasteiger partial charge in [-0.05, 0) is 71.1 Å². The summed E-state index contributed by atoms with van der Waals surface area (Å²) in [7, 11) is 8.00. The first-order valence-electron chi connectivity index (χ1n) is 14.5. The highest BCUT2D eigenvalue weighted by Crippen LogP contribution is 2.18. The van der Waals surface area contributed by atoms with E-state index >= 15 is 0 Å². The normalized spacial score (nSPS) is 12.2. The number of aromatic nitrogens is 2. The molecule has 2 rings (SSSR count). The summed E-state index contributed by atoms with van der Waals surface area (Å²) in [6.45, 7) is 6.34. The number of benzene rings is 1. The van der Waals surface area contributed by atoms with E-state index in [9.17, 15) is 14.4 Å². The lowest BCUT2D eigenvalue weighted by Crippen LogP contribution is -2.41. The van der Waals surface area contributed by atoms with Gasteiger partial charge in [-0.1, -0.05) is 57.0 Å². The van der Waals surface area contributed by atoms with Crippen molar-refractivity contribution in [3.63, 3.8) is 0 Å². The molecule has 1 aromatic carbocycles. The Hall–Kier alpha value is -2.76. The average Bonchev–Trinajstić information content (AvgIpc) is 3.37. The third-order valence-corrected chi connectivity index (χ3v) is 7.12. The molecule has 0 bridgehead atoms. The predicted molar refractivity (Wildman–Crippen MR) is 163 cm³/mol. The zero-order valence-corrected chi connectivity index (χ0v) is 26.4. The number of rotatable bonds is 20. The van der Waals surface area contributed by atoms with Crippen molar-refractivity contribution < 1.29 is 18.8 Å². The van der Waals surface area contributed by atoms with Gasteiger partial charge in [0.25, 0.3) is 17.0 Å². The number of hydrogen-bond acceptors (Lipinski definition) is 9. The molecule has 0 aliphatic carbocycles. The van der Waals surface area contributed by atoms with Gasteiger partial charge in [0.2, 0.25) is 11.7 Å². The SMILES string of the molecule is CC(C)CC(NC(=O)CCCCCCCNC(=O)c1ccc(CN(C)C)cc1)C(=O)c1nnc(SCCN(C)C)o1. The lowest BCUT2D eigenvalue weighted by molar-refractivity contribution is -0.121. The van der Waals surface area contributed by atoms with Gasteiger partial charge in [-0.25, -0.2) is 0 Å². The molecule has 0 saturated heterocycles. The molecule has 0 aliphatic heterocycles. The van der Waals surface area contributed by atoms with Crippen LogP contribution in [0.5, 0.6) is 0 Å². The molecule has 41 heavy (non-hydrogen) atoms. The largest absolute Gasteiger partial charge is 0.408 e. The third-order valence-electron chi connectivity index (χ3n) is 6.32. The van der Waals surface area contributed by atoms with Crippen molar-refractivity contribution in [2.24, 2.45) is 5.92 Å². The van der Waals surface area contributed by atoms with E-state index in [2.05, 4.69) is 30.6 Å². The molecule has 0 radical (unpaired) electrons. The van der Waals surface area contributed by atoms with Crippen LogP contribution in [0.15, 0.2) is 33.9 Å². The molecule has 11 heteroatoms.